The van der Waals surface area contributed by atoms with E-state index < -0.39 is 11.5 Å². The topological polar surface area (TPSA) is 68.0 Å². The molecule has 15 heavy (non-hydrogen) atoms. The van der Waals surface area contributed by atoms with E-state index in [1.54, 1.807) is 6.92 Å². The van der Waals surface area contributed by atoms with Gasteiger partial charge in [0, 0.05) is 0 Å². The highest BCUT2D eigenvalue weighted by molar-refractivity contribution is 4.50. The van der Waals surface area contributed by atoms with Gasteiger partial charge in [0.15, 0.2) is 0 Å². The predicted octanol–water partition coefficient (Wildman–Crippen LogP) is 0.776. The quantitative estimate of drug-likeness (QED) is 0.305. The Hall–Kier alpha value is -0.160. The lowest BCUT2D eigenvalue weighted by Gasteiger charge is -2.29. The van der Waals surface area contributed by atoms with Gasteiger partial charge in [-0.3, -0.25) is 0 Å². The van der Waals surface area contributed by atoms with Gasteiger partial charge in [-0.05, 0) is 19.8 Å². The molecule has 3 N–H and O–H groups in total. The van der Waals surface area contributed by atoms with E-state index >= 15 is 0 Å². The second kappa shape index (κ2) is 9.09. The Bertz CT molecular complexity index is 142. The minimum absolute atomic E-state index is 0.226. The van der Waals surface area contributed by atoms with Gasteiger partial charge in [-0.1, -0.05) is 39.0 Å². The highest BCUT2D eigenvalue weighted by atomic mass is 16.6. The number of unbranched alkanes of at least 4 members (excludes halogenated alkanes) is 5. The molecule has 0 aliphatic heterocycles. The lowest BCUT2D eigenvalue weighted by molar-refractivity contribution is -0.948. The van der Waals surface area contributed by atoms with Crippen molar-refractivity contribution in [3.05, 3.63) is 5.21 Å². The van der Waals surface area contributed by atoms with Crippen LogP contribution in [0.5, 0.6) is 0 Å². The highest BCUT2D eigenvalue weighted by Gasteiger charge is 2.14. The largest absolute Gasteiger partial charge is 0.630 e. The van der Waals surface area contributed by atoms with Gasteiger partial charge in [0.05, 0.1) is 6.04 Å². The Kier molecular flexibility index (Phi) is 9.00. The number of aliphatic hydroxyl groups excluding tert-OH is 1. The van der Waals surface area contributed by atoms with Crippen LogP contribution in [0, 0.1) is 5.21 Å². The molecule has 2 unspecified atom stereocenters. The Morgan fingerprint density at radius 3 is 2.13 bits per heavy atom. The summed E-state index contributed by atoms with van der Waals surface area (Å²) in [7, 11) is 0. The summed E-state index contributed by atoms with van der Waals surface area (Å²) in [4.78, 5) is 0. The van der Waals surface area contributed by atoms with E-state index in [0.717, 1.165) is 19.3 Å². The number of quaternary nitrogens is 1. The molecule has 0 heterocycles. The molecule has 0 aliphatic carbocycles. The number of hydrogen-bond donors (Lipinski definition) is 3. The molecule has 0 aliphatic rings. The molecule has 0 rings (SSSR count). The fraction of sp³-hybridized carbons (Fsp3) is 1.00. The molecule has 0 amide bonds. The molecule has 0 radical (unpaired) electrons. The minimum atomic E-state index is -1.79. The van der Waals surface area contributed by atoms with Crippen molar-refractivity contribution in [1.82, 2.24) is 0 Å². The van der Waals surface area contributed by atoms with Gasteiger partial charge in [-0.25, -0.2) is 0 Å². The number of hydroxylamine groups is 2. The van der Waals surface area contributed by atoms with Crippen LogP contribution < -0.4 is 5.06 Å². The van der Waals surface area contributed by atoms with Crippen molar-refractivity contribution in [2.75, 3.05) is 0 Å². The van der Waals surface area contributed by atoms with Crippen LogP contribution in [-0.4, -0.2) is 22.7 Å². The molecule has 0 fully saturated rings. The number of aliphatic hydroxyl groups is 2. The average molecular weight is 219 g/mol. The van der Waals surface area contributed by atoms with Crippen molar-refractivity contribution in [3.8, 4) is 0 Å². The maximum atomic E-state index is 11.1. The first-order valence-electron chi connectivity index (χ1n) is 5.99. The summed E-state index contributed by atoms with van der Waals surface area (Å²) in [5, 5.41) is 28.0. The predicted molar refractivity (Wildman–Crippen MR) is 60.0 cm³/mol. The third-order valence-corrected chi connectivity index (χ3v) is 2.73. The zero-order chi connectivity index (χ0) is 11.7. The SMILES string of the molecule is CCCCCCCCC(C)[NH+]([O-])C(O)O. The number of nitrogens with one attached hydrogen (secondary N) is 1. The van der Waals surface area contributed by atoms with Crippen LogP contribution in [0.2, 0.25) is 0 Å². The second-order valence-electron chi connectivity index (χ2n) is 4.23. The molecular weight excluding hydrogens is 194 g/mol. The highest BCUT2D eigenvalue weighted by Crippen LogP contribution is 2.07. The van der Waals surface area contributed by atoms with Crippen LogP contribution in [0.25, 0.3) is 0 Å². The van der Waals surface area contributed by atoms with Crippen LogP contribution in [0.3, 0.4) is 0 Å². The van der Waals surface area contributed by atoms with Crippen molar-refractivity contribution < 1.29 is 15.3 Å². The van der Waals surface area contributed by atoms with Crippen LogP contribution in [0.1, 0.15) is 58.8 Å². The third-order valence-electron chi connectivity index (χ3n) is 2.73. The summed E-state index contributed by atoms with van der Waals surface area (Å²) in [5.74, 6) is 0. The van der Waals surface area contributed by atoms with Gasteiger partial charge in [-0.2, -0.15) is 0 Å². The van der Waals surface area contributed by atoms with Crippen molar-refractivity contribution >= 4 is 0 Å². The zero-order valence-corrected chi connectivity index (χ0v) is 9.91. The third kappa shape index (κ3) is 7.73. The molecule has 0 spiro atoms. The Morgan fingerprint density at radius 2 is 1.60 bits per heavy atom. The number of hydrogen-bond acceptors (Lipinski definition) is 3. The van der Waals surface area contributed by atoms with Crippen molar-refractivity contribution in [3.63, 3.8) is 0 Å². The van der Waals surface area contributed by atoms with Crippen molar-refractivity contribution in [2.24, 2.45) is 0 Å². The van der Waals surface area contributed by atoms with E-state index in [2.05, 4.69) is 6.92 Å². The van der Waals surface area contributed by atoms with Gasteiger partial charge < -0.3 is 20.5 Å². The summed E-state index contributed by atoms with van der Waals surface area (Å²) in [5.41, 5.74) is 0. The Labute approximate surface area is 92.5 Å². The lowest BCUT2D eigenvalue weighted by atomic mass is 10.1. The van der Waals surface area contributed by atoms with Crippen LogP contribution in [-0.2, 0) is 0 Å². The minimum Gasteiger partial charge on any atom is -0.630 e. The number of rotatable bonds is 9. The van der Waals surface area contributed by atoms with Gasteiger partial charge in [0.1, 0.15) is 0 Å². The average Bonchev–Trinajstić information content (AvgIpc) is 2.21. The molecule has 0 aromatic carbocycles. The summed E-state index contributed by atoms with van der Waals surface area (Å²) >= 11 is 0. The fourth-order valence-electron chi connectivity index (χ4n) is 1.63. The summed E-state index contributed by atoms with van der Waals surface area (Å²) in [6.07, 6.45) is 6.12. The molecular formula is C11H25NO3. The molecule has 0 saturated carbocycles. The molecule has 0 aromatic rings. The first kappa shape index (κ1) is 14.8. The summed E-state index contributed by atoms with van der Waals surface area (Å²) < 4.78 is 0. The van der Waals surface area contributed by atoms with E-state index in [0.29, 0.717) is 0 Å². The monoisotopic (exact) mass is 219 g/mol. The first-order chi connectivity index (χ1) is 7.09. The molecule has 92 valence electrons. The molecule has 0 aromatic heterocycles. The van der Waals surface area contributed by atoms with Crippen LogP contribution >= 0.6 is 0 Å². The maximum absolute atomic E-state index is 11.1. The molecule has 0 bridgehead atoms. The van der Waals surface area contributed by atoms with Crippen LogP contribution in [0.4, 0.5) is 0 Å². The van der Waals surface area contributed by atoms with Crippen molar-refractivity contribution in [1.29, 1.82) is 0 Å². The molecule has 4 nitrogen and oxygen atoms in total. The smallest absolute Gasteiger partial charge is 0.302 e. The lowest BCUT2D eigenvalue weighted by Crippen LogP contribution is -3.15. The van der Waals surface area contributed by atoms with Gasteiger partial charge in [0.2, 0.25) is 0 Å². The molecule has 2 atom stereocenters. The van der Waals surface area contributed by atoms with E-state index in [-0.39, 0.29) is 6.04 Å². The fourth-order valence-corrected chi connectivity index (χ4v) is 1.63. The standard InChI is InChI=1S/C11H25NO3/c1-3-4-5-6-7-8-9-10(2)12(15)11(13)14/h10-14H,3-9H2,1-2H3. The Balaban J connectivity index is 3.34. The van der Waals surface area contributed by atoms with Gasteiger partial charge in [-0.15, -0.1) is 0 Å². The van der Waals surface area contributed by atoms with Crippen LogP contribution in [0.15, 0.2) is 0 Å². The van der Waals surface area contributed by atoms with E-state index in [1.807, 2.05) is 0 Å². The zero-order valence-electron chi connectivity index (χ0n) is 9.91. The van der Waals surface area contributed by atoms with Gasteiger partial charge in [0.25, 0.3) is 0 Å². The summed E-state index contributed by atoms with van der Waals surface area (Å²) in [6.45, 7) is 3.94. The Morgan fingerprint density at radius 1 is 1.07 bits per heavy atom. The summed E-state index contributed by atoms with van der Waals surface area (Å²) in [6, 6.07) is -0.226. The van der Waals surface area contributed by atoms with E-state index in [4.69, 9.17) is 10.2 Å². The first-order valence-corrected chi connectivity index (χ1v) is 5.99. The molecule has 0 saturated heterocycles. The van der Waals surface area contributed by atoms with E-state index in [1.165, 1.54) is 25.7 Å². The van der Waals surface area contributed by atoms with Crippen molar-refractivity contribution in [2.45, 2.75) is 71.2 Å². The van der Waals surface area contributed by atoms with Gasteiger partial charge >= 0.3 is 6.41 Å². The normalized spacial score (nSPS) is 15.6. The molecule has 4 heteroatoms. The maximum Gasteiger partial charge on any atom is 0.302 e. The van der Waals surface area contributed by atoms with E-state index in [9.17, 15) is 5.21 Å². The second-order valence-corrected chi connectivity index (χ2v) is 4.23.